The predicted octanol–water partition coefficient (Wildman–Crippen LogP) is 20.7. The number of hydrogen-bond acceptors (Lipinski definition) is 2. The fourth-order valence-electron chi connectivity index (χ4n) is 11.8. The minimum absolute atomic E-state index is 1.07. The highest BCUT2D eigenvalue weighted by molar-refractivity contribution is 7.26. The summed E-state index contributed by atoms with van der Waals surface area (Å²) in [6, 6.07) is 103. The number of anilines is 3. The number of rotatable bonds is 8. The lowest BCUT2D eigenvalue weighted by molar-refractivity contribution is 1.18. The van der Waals surface area contributed by atoms with Crippen LogP contribution in [0, 0.1) is 0 Å². The largest absolute Gasteiger partial charge is 0.310 e. The first kappa shape index (κ1) is 43.1. The summed E-state index contributed by atoms with van der Waals surface area (Å²) < 4.78 is 5.05. The Morgan fingerprint density at radius 2 is 0.827 bits per heavy atom. The van der Waals surface area contributed by atoms with Crippen molar-refractivity contribution >= 4 is 103 Å². The molecule has 2 nitrogen and oxygen atoms in total. The minimum Gasteiger partial charge on any atom is -0.310 e. The van der Waals surface area contributed by atoms with Gasteiger partial charge in [0.1, 0.15) is 0 Å². The highest BCUT2D eigenvalue weighted by atomic mass is 32.1. The molecule has 0 aliphatic rings. The molecule has 3 heteroatoms. The molecule has 0 bridgehead atoms. The van der Waals surface area contributed by atoms with Gasteiger partial charge in [0, 0.05) is 53.6 Å². The molecule has 0 saturated carbocycles. The van der Waals surface area contributed by atoms with Crippen LogP contribution in [-0.4, -0.2) is 4.57 Å². The molecule has 0 spiro atoms. The number of thiophene rings is 1. The molecule has 0 saturated heterocycles. The van der Waals surface area contributed by atoms with E-state index in [1.807, 2.05) is 11.3 Å². The van der Waals surface area contributed by atoms with Gasteiger partial charge in [-0.05, 0) is 144 Å². The molecular weight excluding hydrogens is 925 g/mol. The van der Waals surface area contributed by atoms with Crippen LogP contribution < -0.4 is 4.90 Å². The molecule has 0 unspecified atom stereocenters. The molecular formula is C72H46N2S. The van der Waals surface area contributed by atoms with Gasteiger partial charge in [-0.3, -0.25) is 0 Å². The zero-order valence-electron chi connectivity index (χ0n) is 40.9. The minimum atomic E-state index is 1.07. The molecule has 2 aromatic heterocycles. The molecule has 2 heterocycles. The van der Waals surface area contributed by atoms with Gasteiger partial charge >= 0.3 is 0 Å². The van der Waals surface area contributed by atoms with Crippen LogP contribution in [0.4, 0.5) is 17.1 Å². The summed E-state index contributed by atoms with van der Waals surface area (Å²) in [7, 11) is 0. The van der Waals surface area contributed by atoms with Gasteiger partial charge in [0.25, 0.3) is 0 Å². The average molecular weight is 971 g/mol. The van der Waals surface area contributed by atoms with Gasteiger partial charge in [0.05, 0.1) is 16.7 Å². The van der Waals surface area contributed by atoms with E-state index in [0.717, 1.165) is 45.0 Å². The van der Waals surface area contributed by atoms with Crippen LogP contribution in [-0.2, 0) is 0 Å². The lowest BCUT2D eigenvalue weighted by atomic mass is 9.91. The van der Waals surface area contributed by atoms with Crippen molar-refractivity contribution in [2.24, 2.45) is 0 Å². The summed E-state index contributed by atoms with van der Waals surface area (Å²) in [5, 5.41) is 12.8. The lowest BCUT2D eigenvalue weighted by Gasteiger charge is -2.29. The number of para-hydroxylation sites is 2. The first-order valence-electron chi connectivity index (χ1n) is 25.7. The number of hydrogen-bond donors (Lipinski definition) is 0. The van der Waals surface area contributed by atoms with Crippen molar-refractivity contribution in [3.05, 3.63) is 279 Å². The molecule has 0 atom stereocenters. The highest BCUT2D eigenvalue weighted by Gasteiger charge is 2.21. The van der Waals surface area contributed by atoms with Gasteiger partial charge in [-0.2, -0.15) is 0 Å². The van der Waals surface area contributed by atoms with E-state index in [2.05, 4.69) is 289 Å². The van der Waals surface area contributed by atoms with Crippen molar-refractivity contribution in [1.82, 2.24) is 4.57 Å². The Kier molecular flexibility index (Phi) is 10.1. The standard InChI is InChI=1S/C72H46N2S/c1-2-15-49(16-3-1)67-45-54(66-44-53-18-5-6-21-58(53)60-23-8-9-24-61(60)66)35-42-70(67)73(56-38-31-48(32-39-56)52-34-40-64-65-41-33-50-17-4-7-22-59(50)72(65)75-71(64)46-52)55-36-29-47(30-37-55)51-19-14-20-57(43-51)74-68-27-12-10-25-62(68)63-26-11-13-28-69(63)74/h1-46H. The van der Waals surface area contributed by atoms with Crippen LogP contribution in [0.1, 0.15) is 0 Å². The molecule has 0 aliphatic carbocycles. The van der Waals surface area contributed by atoms with E-state index in [1.165, 1.54) is 96.5 Å². The second kappa shape index (κ2) is 17.6. The molecule has 0 radical (unpaired) electrons. The second-order valence-electron chi connectivity index (χ2n) is 19.6. The van der Waals surface area contributed by atoms with E-state index in [-0.39, 0.29) is 0 Å². The van der Waals surface area contributed by atoms with E-state index in [0.29, 0.717) is 0 Å². The maximum atomic E-state index is 2.44. The van der Waals surface area contributed by atoms with E-state index < -0.39 is 0 Å². The van der Waals surface area contributed by atoms with Gasteiger partial charge in [-0.15, -0.1) is 11.3 Å². The van der Waals surface area contributed by atoms with Gasteiger partial charge in [0.15, 0.2) is 0 Å². The first-order valence-corrected chi connectivity index (χ1v) is 26.5. The zero-order chi connectivity index (χ0) is 49.4. The third-order valence-electron chi connectivity index (χ3n) is 15.4. The number of aromatic nitrogens is 1. The molecule has 0 fully saturated rings. The summed E-state index contributed by atoms with van der Waals surface area (Å²) in [6.07, 6.45) is 0. The van der Waals surface area contributed by atoms with Gasteiger partial charge in [-0.1, -0.05) is 206 Å². The molecule has 75 heavy (non-hydrogen) atoms. The van der Waals surface area contributed by atoms with Gasteiger partial charge < -0.3 is 9.47 Å². The summed E-state index contributed by atoms with van der Waals surface area (Å²) in [5.41, 5.74) is 16.2. The Balaban J connectivity index is 0.869. The van der Waals surface area contributed by atoms with Crippen LogP contribution in [0.25, 0.3) is 124 Å². The van der Waals surface area contributed by atoms with Crippen LogP contribution in [0.2, 0.25) is 0 Å². The number of fused-ring (bicyclic) bond motifs is 11. The highest BCUT2D eigenvalue weighted by Crippen LogP contribution is 2.46. The second-order valence-corrected chi connectivity index (χ2v) is 20.7. The smallest absolute Gasteiger partial charge is 0.0541 e. The monoisotopic (exact) mass is 970 g/mol. The third kappa shape index (κ3) is 7.23. The Labute approximate surface area is 438 Å². The van der Waals surface area contributed by atoms with E-state index in [1.54, 1.807) is 0 Å². The van der Waals surface area contributed by atoms with Crippen molar-refractivity contribution in [3.8, 4) is 50.2 Å². The quantitative estimate of drug-likeness (QED) is 0.138. The van der Waals surface area contributed by atoms with Crippen molar-refractivity contribution in [2.75, 3.05) is 4.90 Å². The molecule has 0 aliphatic heterocycles. The van der Waals surface area contributed by atoms with E-state index >= 15 is 0 Å². The van der Waals surface area contributed by atoms with Gasteiger partial charge in [0.2, 0.25) is 0 Å². The average Bonchev–Trinajstić information content (AvgIpc) is 4.06. The number of nitrogens with zero attached hydrogens (tertiary/aromatic N) is 2. The zero-order valence-corrected chi connectivity index (χ0v) is 41.7. The maximum absolute atomic E-state index is 2.44. The third-order valence-corrected chi connectivity index (χ3v) is 16.6. The maximum Gasteiger partial charge on any atom is 0.0541 e. The Morgan fingerprint density at radius 1 is 0.280 bits per heavy atom. The van der Waals surface area contributed by atoms with Crippen LogP contribution in [0.5, 0.6) is 0 Å². The number of benzene rings is 13. The Hall–Kier alpha value is -9.54. The van der Waals surface area contributed by atoms with Crippen LogP contribution in [0.3, 0.4) is 0 Å². The van der Waals surface area contributed by atoms with E-state index in [4.69, 9.17) is 0 Å². The molecule has 13 aromatic carbocycles. The summed E-state index contributed by atoms with van der Waals surface area (Å²) in [6.45, 7) is 0. The lowest BCUT2D eigenvalue weighted by Crippen LogP contribution is -2.11. The van der Waals surface area contributed by atoms with Crippen molar-refractivity contribution in [3.63, 3.8) is 0 Å². The predicted molar refractivity (Wildman–Crippen MR) is 323 cm³/mol. The molecule has 15 aromatic rings. The Morgan fingerprint density at radius 3 is 1.55 bits per heavy atom. The summed E-state index contributed by atoms with van der Waals surface area (Å²) >= 11 is 1.89. The summed E-state index contributed by atoms with van der Waals surface area (Å²) in [4.78, 5) is 2.44. The molecule has 15 rings (SSSR count). The van der Waals surface area contributed by atoms with Crippen molar-refractivity contribution in [1.29, 1.82) is 0 Å². The molecule has 0 amide bonds. The molecule has 350 valence electrons. The van der Waals surface area contributed by atoms with Crippen molar-refractivity contribution < 1.29 is 0 Å². The van der Waals surface area contributed by atoms with Crippen LogP contribution >= 0.6 is 11.3 Å². The van der Waals surface area contributed by atoms with Gasteiger partial charge in [-0.25, -0.2) is 0 Å². The fourth-order valence-corrected chi connectivity index (χ4v) is 13.1. The van der Waals surface area contributed by atoms with Crippen LogP contribution in [0.15, 0.2) is 279 Å². The SMILES string of the molecule is c1ccc(-c2cc(-c3cc4ccccc4c4ccccc34)ccc2N(c2ccc(-c3cccc(-n4c5ccccc5c5ccccc54)c3)cc2)c2ccc(-c3ccc4c(c3)sc3c5ccccc5ccc43)cc2)cc1. The van der Waals surface area contributed by atoms with Crippen molar-refractivity contribution in [2.45, 2.75) is 0 Å². The first-order chi connectivity index (χ1) is 37.2. The summed E-state index contributed by atoms with van der Waals surface area (Å²) in [5.74, 6) is 0. The normalized spacial score (nSPS) is 11.7. The Bertz CT molecular complexity index is 4640. The topological polar surface area (TPSA) is 8.17 Å². The molecule has 0 N–H and O–H groups in total. The fraction of sp³-hybridized carbons (Fsp3) is 0. The van der Waals surface area contributed by atoms with E-state index in [9.17, 15) is 0 Å².